The van der Waals surface area contributed by atoms with Crippen LogP contribution in [0.5, 0.6) is 0 Å². The third-order valence-electron chi connectivity index (χ3n) is 4.33. The second-order valence-corrected chi connectivity index (χ2v) is 9.23. The van der Waals surface area contributed by atoms with E-state index in [0.717, 1.165) is 16.7 Å². The minimum atomic E-state index is -0.173. The molecule has 0 bridgehead atoms. The van der Waals surface area contributed by atoms with Gasteiger partial charge in [-0.1, -0.05) is 49.3 Å². The molecule has 0 saturated carbocycles. The molecule has 28 heavy (non-hydrogen) atoms. The molecular weight excluding hydrogens is 396 g/mol. The summed E-state index contributed by atoms with van der Waals surface area (Å²) in [7, 11) is 4.04. The lowest BCUT2D eigenvalue weighted by Crippen LogP contribution is -2.20. The zero-order valence-corrected chi connectivity index (χ0v) is 18.5. The number of thioether (sulfide) groups is 1. The third-order valence-corrected chi connectivity index (χ3v) is 5.51. The fraction of sp³-hybridized carbons (Fsp3) is 0.474. The molecular formula is C19H25ClN6OS. The Bertz CT molecular complexity index is 929. The van der Waals surface area contributed by atoms with Crippen LogP contribution in [-0.4, -0.2) is 43.9 Å². The zero-order chi connectivity index (χ0) is 20.5. The normalized spacial score (nSPS) is 13.3. The molecule has 0 amide bonds. The van der Waals surface area contributed by atoms with Crippen molar-refractivity contribution < 1.29 is 4.52 Å². The summed E-state index contributed by atoms with van der Waals surface area (Å²) in [5.74, 6) is 2.67. The Morgan fingerprint density at radius 2 is 1.86 bits per heavy atom. The van der Waals surface area contributed by atoms with Crippen LogP contribution in [0.3, 0.4) is 0 Å². The van der Waals surface area contributed by atoms with Crippen molar-refractivity contribution in [2.75, 3.05) is 14.1 Å². The largest absolute Gasteiger partial charge is 0.339 e. The maximum absolute atomic E-state index is 6.07. The second kappa shape index (κ2) is 8.23. The molecule has 2 heterocycles. The standard InChI is InChI=1S/C19H25ClN6OS/c1-12(25(5)6)16-22-23-18(26(16)14-9-7-13(20)8-10-14)28-11-15-21-17(27-24-15)19(2,3)4/h7-10,12H,11H2,1-6H3/t12-/m0/s1. The van der Waals surface area contributed by atoms with E-state index in [4.69, 9.17) is 16.1 Å². The minimum absolute atomic E-state index is 0.0928. The topological polar surface area (TPSA) is 72.9 Å². The van der Waals surface area contributed by atoms with Gasteiger partial charge < -0.3 is 4.52 Å². The molecule has 1 aromatic carbocycles. The van der Waals surface area contributed by atoms with Crippen molar-refractivity contribution >= 4 is 23.4 Å². The van der Waals surface area contributed by atoms with Crippen molar-refractivity contribution in [3.8, 4) is 5.69 Å². The van der Waals surface area contributed by atoms with Gasteiger partial charge in [0.15, 0.2) is 16.8 Å². The van der Waals surface area contributed by atoms with Gasteiger partial charge >= 0.3 is 0 Å². The molecule has 0 saturated heterocycles. The highest BCUT2D eigenvalue weighted by Gasteiger charge is 2.24. The minimum Gasteiger partial charge on any atom is -0.339 e. The highest BCUT2D eigenvalue weighted by Crippen LogP contribution is 2.29. The molecule has 9 heteroatoms. The lowest BCUT2D eigenvalue weighted by atomic mass is 9.97. The molecule has 0 aliphatic rings. The summed E-state index contributed by atoms with van der Waals surface area (Å²) in [4.78, 5) is 6.60. The van der Waals surface area contributed by atoms with Crippen LogP contribution in [0, 0.1) is 0 Å². The summed E-state index contributed by atoms with van der Waals surface area (Å²) in [5, 5.41) is 14.4. The zero-order valence-electron chi connectivity index (χ0n) is 17.0. The first-order chi connectivity index (χ1) is 13.2. The molecule has 0 unspecified atom stereocenters. The van der Waals surface area contributed by atoms with Gasteiger partial charge in [-0.2, -0.15) is 4.98 Å². The fourth-order valence-electron chi connectivity index (χ4n) is 2.46. The Hall–Kier alpha value is -1.90. The van der Waals surface area contributed by atoms with Crippen LogP contribution in [0.1, 0.15) is 51.3 Å². The van der Waals surface area contributed by atoms with E-state index in [1.165, 1.54) is 11.8 Å². The SMILES string of the molecule is C[C@@H](c1nnc(SCc2noc(C(C)(C)C)n2)n1-c1ccc(Cl)cc1)N(C)C. The van der Waals surface area contributed by atoms with Gasteiger partial charge in [-0.3, -0.25) is 9.47 Å². The maximum Gasteiger partial charge on any atom is 0.232 e. The second-order valence-electron chi connectivity index (χ2n) is 7.85. The van der Waals surface area contributed by atoms with Crippen LogP contribution >= 0.6 is 23.4 Å². The molecule has 0 aliphatic heterocycles. The number of aromatic nitrogens is 5. The van der Waals surface area contributed by atoms with Gasteiger partial charge in [0, 0.05) is 16.1 Å². The molecule has 0 spiro atoms. The van der Waals surface area contributed by atoms with Crippen molar-refractivity contribution in [3.05, 3.63) is 46.8 Å². The molecule has 0 aliphatic carbocycles. The third kappa shape index (κ3) is 4.56. The molecule has 3 aromatic rings. The predicted octanol–water partition coefficient (Wildman–Crippen LogP) is 4.52. The first-order valence-corrected chi connectivity index (χ1v) is 10.4. The van der Waals surface area contributed by atoms with Gasteiger partial charge in [0.25, 0.3) is 0 Å². The van der Waals surface area contributed by atoms with Crippen molar-refractivity contribution in [1.29, 1.82) is 0 Å². The van der Waals surface area contributed by atoms with Gasteiger partial charge in [0.1, 0.15) is 0 Å². The summed E-state index contributed by atoms with van der Waals surface area (Å²) >= 11 is 7.59. The number of nitrogens with zero attached hydrogens (tertiary/aromatic N) is 6. The Balaban J connectivity index is 1.90. The number of benzene rings is 1. The van der Waals surface area contributed by atoms with E-state index < -0.39 is 0 Å². The number of hydrogen-bond acceptors (Lipinski definition) is 7. The van der Waals surface area contributed by atoms with Gasteiger partial charge in [-0.15, -0.1) is 10.2 Å². The molecule has 2 aromatic heterocycles. The van der Waals surface area contributed by atoms with E-state index in [2.05, 4.69) is 36.7 Å². The van der Waals surface area contributed by atoms with E-state index in [1.807, 2.05) is 59.1 Å². The van der Waals surface area contributed by atoms with Gasteiger partial charge in [0.2, 0.25) is 5.89 Å². The van der Waals surface area contributed by atoms with Crippen molar-refractivity contribution in [2.45, 2.75) is 50.1 Å². The van der Waals surface area contributed by atoms with Crippen LogP contribution in [0.25, 0.3) is 5.69 Å². The Labute approximate surface area is 174 Å². The number of rotatable bonds is 6. The first kappa shape index (κ1) is 20.8. The summed E-state index contributed by atoms with van der Waals surface area (Å²) in [6.45, 7) is 8.23. The number of hydrogen-bond donors (Lipinski definition) is 0. The summed E-state index contributed by atoms with van der Waals surface area (Å²) < 4.78 is 7.43. The Kier molecular flexibility index (Phi) is 6.12. The smallest absolute Gasteiger partial charge is 0.232 e. The fourth-order valence-corrected chi connectivity index (χ4v) is 3.38. The average molecular weight is 421 g/mol. The first-order valence-electron chi connectivity index (χ1n) is 9.00. The van der Waals surface area contributed by atoms with Gasteiger partial charge in [0.05, 0.1) is 11.8 Å². The quantitative estimate of drug-likeness (QED) is 0.543. The molecule has 7 nitrogen and oxygen atoms in total. The molecule has 0 fully saturated rings. The van der Waals surface area contributed by atoms with Crippen LogP contribution in [0.2, 0.25) is 5.02 Å². The number of halogens is 1. The van der Waals surface area contributed by atoms with E-state index in [-0.39, 0.29) is 11.5 Å². The molecule has 3 rings (SSSR count). The van der Waals surface area contributed by atoms with Crippen LogP contribution in [0.4, 0.5) is 0 Å². The highest BCUT2D eigenvalue weighted by molar-refractivity contribution is 7.98. The summed E-state index contributed by atoms with van der Waals surface area (Å²) in [6, 6.07) is 7.76. The summed E-state index contributed by atoms with van der Waals surface area (Å²) in [6.07, 6.45) is 0. The predicted molar refractivity (Wildman–Crippen MR) is 111 cm³/mol. The van der Waals surface area contributed by atoms with Crippen molar-refractivity contribution in [1.82, 2.24) is 29.8 Å². The average Bonchev–Trinajstić information content (AvgIpc) is 3.26. The van der Waals surface area contributed by atoms with Gasteiger partial charge in [-0.05, 0) is 45.3 Å². The van der Waals surface area contributed by atoms with E-state index in [1.54, 1.807) is 0 Å². The Morgan fingerprint density at radius 1 is 1.18 bits per heavy atom. The van der Waals surface area contributed by atoms with Crippen LogP contribution in [0.15, 0.2) is 33.9 Å². The maximum atomic E-state index is 6.07. The highest BCUT2D eigenvalue weighted by atomic mass is 35.5. The molecule has 0 radical (unpaired) electrons. The lowest BCUT2D eigenvalue weighted by molar-refractivity contribution is 0.305. The Morgan fingerprint density at radius 3 is 2.43 bits per heavy atom. The lowest BCUT2D eigenvalue weighted by Gasteiger charge is -2.20. The van der Waals surface area contributed by atoms with Gasteiger partial charge in [-0.25, -0.2) is 0 Å². The van der Waals surface area contributed by atoms with Crippen molar-refractivity contribution in [2.24, 2.45) is 0 Å². The van der Waals surface area contributed by atoms with E-state index >= 15 is 0 Å². The molecule has 0 N–H and O–H groups in total. The van der Waals surface area contributed by atoms with Crippen LogP contribution < -0.4 is 0 Å². The van der Waals surface area contributed by atoms with E-state index in [0.29, 0.717) is 22.5 Å². The van der Waals surface area contributed by atoms with Crippen LogP contribution in [-0.2, 0) is 11.2 Å². The van der Waals surface area contributed by atoms with E-state index in [9.17, 15) is 0 Å². The molecule has 1 atom stereocenters. The van der Waals surface area contributed by atoms with Crippen molar-refractivity contribution in [3.63, 3.8) is 0 Å². The molecule has 150 valence electrons. The monoisotopic (exact) mass is 420 g/mol. The summed E-state index contributed by atoms with van der Waals surface area (Å²) in [5.41, 5.74) is 0.789.